The predicted molar refractivity (Wildman–Crippen MR) is 127 cm³/mol. The Morgan fingerprint density at radius 3 is 1.10 bits per heavy atom. The molecule has 29 heavy (non-hydrogen) atoms. The number of nitrogens with zero attached hydrogens (tertiary/aromatic N) is 1. The van der Waals surface area contributed by atoms with Crippen LogP contribution in [0.25, 0.3) is 0 Å². The monoisotopic (exact) mass is 412 g/mol. The second kappa shape index (κ2) is 20.7. The molecule has 0 amide bonds. The maximum Gasteiger partial charge on any atom is 0.359 e. The highest BCUT2D eigenvalue weighted by Gasteiger charge is 2.18. The highest BCUT2D eigenvalue weighted by molar-refractivity contribution is 5.67. The molecule has 0 atom stereocenters. The van der Waals surface area contributed by atoms with Crippen LogP contribution >= 0.6 is 0 Å². The van der Waals surface area contributed by atoms with Gasteiger partial charge in [-0.3, -0.25) is 0 Å². The van der Waals surface area contributed by atoms with Crippen LogP contribution in [0.3, 0.4) is 0 Å². The Hall–Kier alpha value is -0.570. The Labute approximate surface area is 183 Å². The van der Waals surface area contributed by atoms with Crippen molar-refractivity contribution in [2.75, 3.05) is 27.2 Å². The summed E-state index contributed by atoms with van der Waals surface area (Å²) in [5.41, 5.74) is 0. The van der Waals surface area contributed by atoms with Crippen molar-refractivity contribution in [3.8, 4) is 0 Å². The van der Waals surface area contributed by atoms with E-state index >= 15 is 0 Å². The molecule has 3 nitrogen and oxygen atoms in total. The van der Waals surface area contributed by atoms with Crippen LogP contribution in [-0.2, 0) is 4.79 Å². The van der Waals surface area contributed by atoms with Crippen molar-refractivity contribution >= 4 is 5.97 Å². The van der Waals surface area contributed by atoms with E-state index in [1.807, 2.05) is 14.1 Å². The Morgan fingerprint density at radius 1 is 0.552 bits per heavy atom. The van der Waals surface area contributed by atoms with E-state index in [-0.39, 0.29) is 6.54 Å². The van der Waals surface area contributed by atoms with Crippen LogP contribution in [0.15, 0.2) is 0 Å². The number of carbonyl (C=O) groups is 1. The molecule has 0 spiro atoms. The van der Waals surface area contributed by atoms with Crippen molar-refractivity contribution < 1.29 is 14.4 Å². The molecule has 0 aliphatic carbocycles. The fourth-order valence-corrected chi connectivity index (χ4v) is 4.24. The molecule has 0 saturated heterocycles. The molecule has 0 fully saturated rings. The summed E-state index contributed by atoms with van der Waals surface area (Å²) < 4.78 is 0.606. The van der Waals surface area contributed by atoms with Crippen molar-refractivity contribution in [2.24, 2.45) is 0 Å². The highest BCUT2D eigenvalue weighted by atomic mass is 16.4. The van der Waals surface area contributed by atoms with Gasteiger partial charge in [-0.25, -0.2) is 4.79 Å². The average Bonchev–Trinajstić information content (AvgIpc) is 2.65. The zero-order valence-corrected chi connectivity index (χ0v) is 20.4. The van der Waals surface area contributed by atoms with E-state index in [0.29, 0.717) is 4.48 Å². The van der Waals surface area contributed by atoms with Crippen molar-refractivity contribution in [3.63, 3.8) is 0 Å². The van der Waals surface area contributed by atoms with Crippen LogP contribution < -0.4 is 0 Å². The van der Waals surface area contributed by atoms with Gasteiger partial charge in [-0.2, -0.15) is 0 Å². The molecule has 0 aromatic heterocycles. The molecule has 0 unspecified atom stereocenters. The van der Waals surface area contributed by atoms with Gasteiger partial charge in [0.2, 0.25) is 0 Å². The molecule has 0 radical (unpaired) electrons. The molecule has 0 aromatic rings. The fourth-order valence-electron chi connectivity index (χ4n) is 4.24. The summed E-state index contributed by atoms with van der Waals surface area (Å²) in [6, 6.07) is 0. The first kappa shape index (κ1) is 28.4. The molecular formula is C26H54NO2+. The summed E-state index contributed by atoms with van der Waals surface area (Å²) >= 11 is 0. The van der Waals surface area contributed by atoms with Gasteiger partial charge in [-0.1, -0.05) is 122 Å². The number of carboxylic acids is 1. The van der Waals surface area contributed by atoms with E-state index in [9.17, 15) is 4.79 Å². The van der Waals surface area contributed by atoms with Gasteiger partial charge >= 0.3 is 5.97 Å². The third-order valence-electron chi connectivity index (χ3n) is 6.18. The first-order chi connectivity index (χ1) is 14.0. The highest BCUT2D eigenvalue weighted by Crippen LogP contribution is 2.15. The zero-order chi connectivity index (χ0) is 21.6. The Bertz CT molecular complexity index is 355. The third kappa shape index (κ3) is 23.6. The lowest BCUT2D eigenvalue weighted by atomic mass is 10.0. The van der Waals surface area contributed by atoms with Crippen LogP contribution in [-0.4, -0.2) is 42.7 Å². The molecule has 174 valence electrons. The van der Waals surface area contributed by atoms with Gasteiger partial charge in [-0.05, 0) is 12.8 Å². The lowest BCUT2D eigenvalue weighted by Gasteiger charge is -2.27. The molecular weight excluding hydrogens is 358 g/mol. The maximum atomic E-state index is 10.8. The molecule has 0 rings (SSSR count). The molecule has 0 heterocycles. The molecule has 0 bridgehead atoms. The second-order valence-corrected chi connectivity index (χ2v) is 9.93. The van der Waals surface area contributed by atoms with Gasteiger partial charge in [0.15, 0.2) is 6.54 Å². The van der Waals surface area contributed by atoms with Gasteiger partial charge in [0, 0.05) is 0 Å². The first-order valence-corrected chi connectivity index (χ1v) is 13.0. The summed E-state index contributed by atoms with van der Waals surface area (Å²) in [4.78, 5) is 10.8. The molecule has 1 N–H and O–H groups in total. The summed E-state index contributed by atoms with van der Waals surface area (Å²) in [5, 5.41) is 8.90. The Balaban J connectivity index is 3.14. The van der Waals surface area contributed by atoms with Crippen LogP contribution in [0.2, 0.25) is 0 Å². The zero-order valence-electron chi connectivity index (χ0n) is 20.4. The fraction of sp³-hybridized carbons (Fsp3) is 0.962. The smallest absolute Gasteiger partial charge is 0.359 e. The van der Waals surface area contributed by atoms with E-state index in [4.69, 9.17) is 5.11 Å². The van der Waals surface area contributed by atoms with E-state index in [2.05, 4.69) is 6.92 Å². The quantitative estimate of drug-likeness (QED) is 0.136. The molecule has 0 saturated carbocycles. The summed E-state index contributed by atoms with van der Waals surface area (Å²) in [7, 11) is 4.04. The number of aliphatic carboxylic acids is 1. The van der Waals surface area contributed by atoms with E-state index in [1.165, 1.54) is 122 Å². The van der Waals surface area contributed by atoms with E-state index in [0.717, 1.165) is 13.0 Å². The molecule has 0 aliphatic heterocycles. The van der Waals surface area contributed by atoms with Crippen molar-refractivity contribution in [3.05, 3.63) is 0 Å². The molecule has 0 aromatic carbocycles. The van der Waals surface area contributed by atoms with Crippen LogP contribution in [0.4, 0.5) is 0 Å². The number of rotatable bonds is 23. The Kier molecular flexibility index (Phi) is 20.3. The van der Waals surface area contributed by atoms with Gasteiger partial charge in [0.05, 0.1) is 20.6 Å². The van der Waals surface area contributed by atoms with Crippen molar-refractivity contribution in [2.45, 2.75) is 135 Å². The van der Waals surface area contributed by atoms with E-state index < -0.39 is 5.97 Å². The summed E-state index contributed by atoms with van der Waals surface area (Å²) in [6.07, 6.45) is 28.0. The average molecular weight is 413 g/mol. The maximum absolute atomic E-state index is 10.8. The van der Waals surface area contributed by atoms with Gasteiger partial charge in [0.25, 0.3) is 0 Å². The minimum atomic E-state index is -0.692. The summed E-state index contributed by atoms with van der Waals surface area (Å²) in [5.74, 6) is -0.692. The van der Waals surface area contributed by atoms with E-state index in [1.54, 1.807) is 0 Å². The number of hydrogen-bond acceptors (Lipinski definition) is 1. The number of quaternary nitrogens is 1. The predicted octanol–water partition coefficient (Wildman–Crippen LogP) is 7.97. The molecule has 3 heteroatoms. The standard InChI is InChI=1S/C26H53NO2/c1-4-5-6-7-8-9-10-11-12-13-14-15-16-17-18-19-20-21-22-23-24-27(2,3)25-26(28)29/h4-25H2,1-3H3/p+1. The normalized spacial score (nSPS) is 11.8. The second-order valence-electron chi connectivity index (χ2n) is 9.93. The summed E-state index contributed by atoms with van der Waals surface area (Å²) in [6.45, 7) is 3.50. The third-order valence-corrected chi connectivity index (χ3v) is 6.18. The topological polar surface area (TPSA) is 37.3 Å². The lowest BCUT2D eigenvalue weighted by Crippen LogP contribution is -2.44. The van der Waals surface area contributed by atoms with Crippen LogP contribution in [0, 0.1) is 0 Å². The van der Waals surface area contributed by atoms with Crippen molar-refractivity contribution in [1.29, 1.82) is 0 Å². The molecule has 0 aliphatic rings. The van der Waals surface area contributed by atoms with Crippen LogP contribution in [0.1, 0.15) is 135 Å². The lowest BCUT2D eigenvalue weighted by molar-refractivity contribution is -0.883. The number of likely N-dealkylation sites (N-methyl/N-ethyl adjacent to an activating group) is 1. The van der Waals surface area contributed by atoms with Gasteiger partial charge in [0.1, 0.15) is 0 Å². The van der Waals surface area contributed by atoms with Gasteiger partial charge in [-0.15, -0.1) is 0 Å². The number of carboxylic acid groups (broad SMARTS) is 1. The van der Waals surface area contributed by atoms with Crippen molar-refractivity contribution in [1.82, 2.24) is 0 Å². The number of hydrogen-bond donors (Lipinski definition) is 1. The first-order valence-electron chi connectivity index (χ1n) is 13.0. The Morgan fingerprint density at radius 2 is 0.828 bits per heavy atom. The minimum absolute atomic E-state index is 0.235. The van der Waals surface area contributed by atoms with Gasteiger partial charge < -0.3 is 9.59 Å². The SMILES string of the molecule is CCCCCCCCCCCCCCCCCCCCCC[N+](C)(C)CC(=O)O. The van der Waals surface area contributed by atoms with Crippen LogP contribution in [0.5, 0.6) is 0 Å². The number of unbranched alkanes of at least 4 members (excludes halogenated alkanes) is 19. The minimum Gasteiger partial charge on any atom is -0.477 e. The largest absolute Gasteiger partial charge is 0.477 e.